The first-order chi connectivity index (χ1) is 4.93. The number of hydrogen-bond donors (Lipinski definition) is 0. The summed E-state index contributed by atoms with van der Waals surface area (Å²) in [5.74, 6) is 0. The number of ether oxygens (including phenoxy) is 1. The third kappa shape index (κ3) is 2.14. The van der Waals surface area contributed by atoms with E-state index in [9.17, 15) is 0 Å². The maximum atomic E-state index is 4.88. The summed E-state index contributed by atoms with van der Waals surface area (Å²) in [6.45, 7) is 1.66. The summed E-state index contributed by atoms with van der Waals surface area (Å²) in [6.07, 6.45) is 4.50. The third-order valence-corrected chi connectivity index (χ3v) is 1.21. The summed E-state index contributed by atoms with van der Waals surface area (Å²) in [4.78, 5) is 0. The van der Waals surface area contributed by atoms with Crippen LogP contribution in [-0.4, -0.2) is 28.7 Å². The van der Waals surface area contributed by atoms with Crippen LogP contribution in [0.3, 0.4) is 0 Å². The molecular weight excluding hydrogens is 130 g/mol. The Hall–Kier alpha value is -0.900. The molecule has 4 nitrogen and oxygen atoms in total. The van der Waals surface area contributed by atoms with Crippen molar-refractivity contribution in [3.63, 3.8) is 0 Å². The highest BCUT2D eigenvalue weighted by Crippen LogP contribution is 1.86. The van der Waals surface area contributed by atoms with Crippen molar-refractivity contribution < 1.29 is 4.74 Å². The van der Waals surface area contributed by atoms with Crippen LogP contribution in [0.15, 0.2) is 12.4 Å². The van der Waals surface area contributed by atoms with Gasteiger partial charge in [0.2, 0.25) is 0 Å². The van der Waals surface area contributed by atoms with Gasteiger partial charge in [0, 0.05) is 26.5 Å². The first-order valence-corrected chi connectivity index (χ1v) is 3.26. The smallest absolute Gasteiger partial charge is 0.0692 e. The highest BCUT2D eigenvalue weighted by molar-refractivity contribution is 4.63. The Bertz CT molecular complexity index is 162. The van der Waals surface area contributed by atoms with Gasteiger partial charge in [-0.25, -0.2) is 0 Å². The molecule has 0 radical (unpaired) electrons. The SMILES string of the molecule is COCCCn1ccnn1. The topological polar surface area (TPSA) is 39.9 Å². The van der Waals surface area contributed by atoms with Crippen molar-refractivity contribution in [1.82, 2.24) is 15.0 Å². The molecule has 0 amide bonds. The van der Waals surface area contributed by atoms with Crippen molar-refractivity contribution in [2.45, 2.75) is 13.0 Å². The molecule has 0 aromatic carbocycles. The summed E-state index contributed by atoms with van der Waals surface area (Å²) < 4.78 is 6.67. The quantitative estimate of drug-likeness (QED) is 0.567. The zero-order chi connectivity index (χ0) is 7.23. The molecule has 4 heteroatoms. The van der Waals surface area contributed by atoms with Gasteiger partial charge in [-0.1, -0.05) is 5.21 Å². The van der Waals surface area contributed by atoms with Crippen LogP contribution in [0.25, 0.3) is 0 Å². The predicted octanol–water partition coefficient (Wildman–Crippen LogP) is 0.315. The second-order valence-corrected chi connectivity index (χ2v) is 2.01. The van der Waals surface area contributed by atoms with Crippen LogP contribution in [0.2, 0.25) is 0 Å². The normalized spacial score (nSPS) is 10.1. The van der Waals surface area contributed by atoms with Gasteiger partial charge in [0.25, 0.3) is 0 Å². The lowest BCUT2D eigenvalue weighted by molar-refractivity contribution is 0.189. The lowest BCUT2D eigenvalue weighted by Crippen LogP contribution is -2.01. The predicted molar refractivity (Wildman–Crippen MR) is 36.5 cm³/mol. The molecule has 0 spiro atoms. The number of hydrogen-bond acceptors (Lipinski definition) is 3. The van der Waals surface area contributed by atoms with Crippen molar-refractivity contribution >= 4 is 0 Å². The molecule has 1 heterocycles. The van der Waals surface area contributed by atoms with E-state index in [4.69, 9.17) is 4.74 Å². The van der Waals surface area contributed by atoms with E-state index in [0.717, 1.165) is 19.6 Å². The van der Waals surface area contributed by atoms with Crippen LogP contribution in [0.4, 0.5) is 0 Å². The number of nitrogens with zero attached hydrogens (tertiary/aromatic N) is 3. The Morgan fingerprint density at radius 2 is 2.50 bits per heavy atom. The molecule has 1 aromatic heterocycles. The molecule has 0 unspecified atom stereocenters. The lowest BCUT2D eigenvalue weighted by Gasteiger charge is -1.97. The fraction of sp³-hybridized carbons (Fsp3) is 0.667. The van der Waals surface area contributed by atoms with E-state index in [2.05, 4.69) is 10.3 Å². The van der Waals surface area contributed by atoms with E-state index in [0.29, 0.717) is 0 Å². The second-order valence-electron chi connectivity index (χ2n) is 2.01. The molecule has 0 saturated carbocycles. The van der Waals surface area contributed by atoms with Gasteiger partial charge >= 0.3 is 0 Å². The van der Waals surface area contributed by atoms with Gasteiger partial charge in [-0.05, 0) is 6.42 Å². The number of rotatable bonds is 4. The maximum Gasteiger partial charge on any atom is 0.0692 e. The summed E-state index contributed by atoms with van der Waals surface area (Å²) >= 11 is 0. The van der Waals surface area contributed by atoms with Crippen molar-refractivity contribution in [3.8, 4) is 0 Å². The fourth-order valence-electron chi connectivity index (χ4n) is 0.723. The van der Waals surface area contributed by atoms with Crippen LogP contribution in [0.5, 0.6) is 0 Å². The molecular formula is C6H11N3O. The second kappa shape index (κ2) is 4.00. The Balaban J connectivity index is 2.15. The molecule has 0 saturated heterocycles. The third-order valence-electron chi connectivity index (χ3n) is 1.21. The molecule has 0 fully saturated rings. The van der Waals surface area contributed by atoms with Crippen molar-refractivity contribution in [2.24, 2.45) is 0 Å². The number of aromatic nitrogens is 3. The van der Waals surface area contributed by atoms with Gasteiger partial charge in [0.05, 0.1) is 6.20 Å². The summed E-state index contributed by atoms with van der Waals surface area (Å²) in [5, 5.41) is 7.47. The van der Waals surface area contributed by atoms with Crippen LogP contribution in [-0.2, 0) is 11.3 Å². The largest absolute Gasteiger partial charge is 0.385 e. The Morgan fingerprint density at radius 3 is 3.10 bits per heavy atom. The zero-order valence-corrected chi connectivity index (χ0v) is 6.03. The average Bonchev–Trinajstić information content (AvgIpc) is 2.41. The molecule has 1 aromatic rings. The van der Waals surface area contributed by atoms with Gasteiger partial charge in [0.15, 0.2) is 0 Å². The van der Waals surface area contributed by atoms with Crippen LogP contribution in [0, 0.1) is 0 Å². The molecule has 0 aliphatic carbocycles. The van der Waals surface area contributed by atoms with Crippen molar-refractivity contribution in [2.75, 3.05) is 13.7 Å². The van der Waals surface area contributed by atoms with E-state index in [-0.39, 0.29) is 0 Å². The van der Waals surface area contributed by atoms with Crippen LogP contribution in [0.1, 0.15) is 6.42 Å². The van der Waals surface area contributed by atoms with E-state index < -0.39 is 0 Å². The zero-order valence-electron chi connectivity index (χ0n) is 6.03. The molecule has 1 rings (SSSR count). The van der Waals surface area contributed by atoms with E-state index >= 15 is 0 Å². The van der Waals surface area contributed by atoms with Crippen molar-refractivity contribution in [1.29, 1.82) is 0 Å². The maximum absolute atomic E-state index is 4.88. The van der Waals surface area contributed by atoms with Gasteiger partial charge in [-0.2, -0.15) is 0 Å². The minimum absolute atomic E-state index is 0.778. The molecule has 10 heavy (non-hydrogen) atoms. The van der Waals surface area contributed by atoms with Gasteiger partial charge in [-0.15, -0.1) is 5.10 Å². The fourth-order valence-corrected chi connectivity index (χ4v) is 0.723. The van der Waals surface area contributed by atoms with Crippen LogP contribution < -0.4 is 0 Å². The average molecular weight is 141 g/mol. The minimum atomic E-state index is 0.778. The molecule has 0 bridgehead atoms. The Kier molecular flexibility index (Phi) is 2.89. The highest BCUT2D eigenvalue weighted by Gasteiger charge is 1.89. The van der Waals surface area contributed by atoms with E-state index in [1.165, 1.54) is 0 Å². The van der Waals surface area contributed by atoms with Crippen molar-refractivity contribution in [3.05, 3.63) is 12.4 Å². The summed E-state index contributed by atoms with van der Waals surface area (Å²) in [5.41, 5.74) is 0. The Labute approximate surface area is 59.8 Å². The monoisotopic (exact) mass is 141 g/mol. The van der Waals surface area contributed by atoms with Gasteiger partial charge in [-0.3, -0.25) is 4.68 Å². The standard InChI is InChI=1S/C6H11N3O/c1-10-6-2-4-9-5-3-7-8-9/h3,5H,2,4,6H2,1H3. The van der Waals surface area contributed by atoms with Gasteiger partial charge < -0.3 is 4.74 Å². The molecule has 56 valence electrons. The molecule has 0 atom stereocenters. The lowest BCUT2D eigenvalue weighted by atomic mass is 10.4. The van der Waals surface area contributed by atoms with E-state index in [1.807, 2.05) is 6.20 Å². The minimum Gasteiger partial charge on any atom is -0.385 e. The highest BCUT2D eigenvalue weighted by atomic mass is 16.5. The molecule has 0 aliphatic rings. The van der Waals surface area contributed by atoms with E-state index in [1.54, 1.807) is 18.0 Å². The summed E-state index contributed by atoms with van der Waals surface area (Å²) in [6, 6.07) is 0. The first kappa shape index (κ1) is 7.21. The number of methoxy groups -OCH3 is 1. The van der Waals surface area contributed by atoms with Crippen LogP contribution >= 0.6 is 0 Å². The number of aryl methyl sites for hydroxylation is 1. The Morgan fingerprint density at radius 1 is 1.60 bits per heavy atom. The molecule has 0 N–H and O–H groups in total. The summed E-state index contributed by atoms with van der Waals surface area (Å²) in [7, 11) is 1.70. The molecule has 0 aliphatic heterocycles. The first-order valence-electron chi connectivity index (χ1n) is 3.26. The van der Waals surface area contributed by atoms with Gasteiger partial charge in [0.1, 0.15) is 0 Å².